The maximum atomic E-state index is 4.47. The van der Waals surface area contributed by atoms with Gasteiger partial charge >= 0.3 is 0 Å². The monoisotopic (exact) mass is 288 g/mol. The van der Waals surface area contributed by atoms with Gasteiger partial charge in [-0.25, -0.2) is 9.97 Å². The molecule has 2 aromatic rings. The third-order valence-electron chi connectivity index (χ3n) is 3.70. The van der Waals surface area contributed by atoms with Crippen molar-refractivity contribution < 1.29 is 0 Å². The number of rotatable bonds is 6. The summed E-state index contributed by atoms with van der Waals surface area (Å²) in [6, 6.07) is 2.21. The fourth-order valence-corrected chi connectivity index (χ4v) is 3.38. The predicted molar refractivity (Wildman–Crippen MR) is 84.2 cm³/mol. The Balaban J connectivity index is 1.41. The van der Waals surface area contributed by atoms with Crippen LogP contribution in [0.5, 0.6) is 0 Å². The minimum atomic E-state index is 0.944. The van der Waals surface area contributed by atoms with Crippen LogP contribution in [0.25, 0.3) is 0 Å². The lowest BCUT2D eigenvalue weighted by molar-refractivity contribution is 0.911. The summed E-state index contributed by atoms with van der Waals surface area (Å²) in [5.41, 5.74) is 5.23. The van der Waals surface area contributed by atoms with E-state index in [4.69, 9.17) is 0 Å². The van der Waals surface area contributed by atoms with Crippen molar-refractivity contribution in [2.24, 2.45) is 0 Å². The van der Waals surface area contributed by atoms with E-state index in [1.807, 2.05) is 18.0 Å². The summed E-state index contributed by atoms with van der Waals surface area (Å²) in [6.45, 7) is 3.01. The molecule has 4 nitrogen and oxygen atoms in total. The van der Waals surface area contributed by atoms with Crippen molar-refractivity contribution in [3.05, 3.63) is 41.1 Å². The van der Waals surface area contributed by atoms with E-state index in [-0.39, 0.29) is 0 Å². The molecule has 5 heteroatoms. The fourth-order valence-electron chi connectivity index (χ4n) is 2.50. The van der Waals surface area contributed by atoms with E-state index in [0.29, 0.717) is 0 Å². The number of hydrogen-bond acceptors (Lipinski definition) is 4. The zero-order valence-electron chi connectivity index (χ0n) is 11.8. The van der Waals surface area contributed by atoms with Crippen molar-refractivity contribution in [2.45, 2.75) is 31.9 Å². The molecule has 2 N–H and O–H groups in total. The Kier molecular flexibility index (Phi) is 4.25. The van der Waals surface area contributed by atoms with Crippen molar-refractivity contribution in [3.63, 3.8) is 0 Å². The van der Waals surface area contributed by atoms with E-state index >= 15 is 0 Å². The first-order valence-corrected chi connectivity index (χ1v) is 8.26. The minimum absolute atomic E-state index is 0.944. The Hall–Kier alpha value is -1.49. The number of H-pyrrole nitrogens is 1. The molecule has 0 fully saturated rings. The number of nitrogens with one attached hydrogen (secondary N) is 2. The number of fused-ring (bicyclic) bond motifs is 1. The topological polar surface area (TPSA) is 53.6 Å². The molecule has 0 atom stereocenters. The van der Waals surface area contributed by atoms with Gasteiger partial charge in [0, 0.05) is 29.9 Å². The number of thioether (sulfide) groups is 1. The molecule has 2 heterocycles. The van der Waals surface area contributed by atoms with Crippen LogP contribution < -0.4 is 5.32 Å². The summed E-state index contributed by atoms with van der Waals surface area (Å²) in [5, 5.41) is 3.41. The summed E-state index contributed by atoms with van der Waals surface area (Å²) in [5.74, 6) is 3.04. The van der Waals surface area contributed by atoms with E-state index < -0.39 is 0 Å². The molecular weight excluding hydrogens is 268 g/mol. The maximum Gasteiger partial charge on any atom is 0.126 e. The van der Waals surface area contributed by atoms with E-state index in [1.165, 1.54) is 36.1 Å². The quantitative estimate of drug-likeness (QED) is 0.802. The fraction of sp³-hybridized carbons (Fsp3) is 0.467. The van der Waals surface area contributed by atoms with Gasteiger partial charge in [0.15, 0.2) is 0 Å². The molecule has 0 radical (unpaired) electrons. The molecule has 0 unspecified atom stereocenters. The average Bonchev–Trinajstić information content (AvgIpc) is 3.07. The highest BCUT2D eigenvalue weighted by atomic mass is 32.2. The van der Waals surface area contributed by atoms with Gasteiger partial charge < -0.3 is 10.3 Å². The second-order valence-electron chi connectivity index (χ2n) is 5.15. The van der Waals surface area contributed by atoms with Crippen molar-refractivity contribution in [1.82, 2.24) is 15.0 Å². The van der Waals surface area contributed by atoms with Gasteiger partial charge in [0.1, 0.15) is 5.82 Å². The van der Waals surface area contributed by atoms with Crippen LogP contribution in [0.4, 0.5) is 5.82 Å². The lowest BCUT2D eigenvalue weighted by Gasteiger charge is -2.07. The zero-order chi connectivity index (χ0) is 13.8. The minimum Gasteiger partial charge on any atom is -0.369 e. The standard InChI is InChI=1S/C15H20N4S/c1-11-14(19-10-18-11)9-20-6-5-16-15-7-12-3-2-4-13(12)8-17-15/h7-8,10H,2-6,9H2,1H3,(H,16,17)(H,18,19). The molecule has 106 valence electrons. The number of imidazole rings is 1. The first kappa shape index (κ1) is 13.5. The molecule has 3 rings (SSSR count). The second kappa shape index (κ2) is 6.31. The zero-order valence-corrected chi connectivity index (χ0v) is 12.6. The molecule has 0 saturated heterocycles. The summed E-state index contributed by atoms with van der Waals surface area (Å²) in [7, 11) is 0. The second-order valence-corrected chi connectivity index (χ2v) is 6.25. The van der Waals surface area contributed by atoms with Crippen molar-refractivity contribution in [3.8, 4) is 0 Å². The van der Waals surface area contributed by atoms with E-state index in [2.05, 4.69) is 33.3 Å². The third-order valence-corrected chi connectivity index (χ3v) is 4.67. The SMILES string of the molecule is Cc1[nH]cnc1CSCCNc1cc2c(cn1)CCC2. The summed E-state index contributed by atoms with van der Waals surface area (Å²) in [6.07, 6.45) is 7.48. The number of hydrogen-bond donors (Lipinski definition) is 2. The van der Waals surface area contributed by atoms with E-state index in [9.17, 15) is 0 Å². The van der Waals surface area contributed by atoms with Crippen molar-refractivity contribution >= 4 is 17.6 Å². The number of aromatic nitrogens is 3. The van der Waals surface area contributed by atoms with Crippen LogP contribution in [0, 0.1) is 6.92 Å². The van der Waals surface area contributed by atoms with Crippen LogP contribution in [0.2, 0.25) is 0 Å². The molecule has 20 heavy (non-hydrogen) atoms. The van der Waals surface area contributed by atoms with Crippen LogP contribution in [0.3, 0.4) is 0 Å². The van der Waals surface area contributed by atoms with Gasteiger partial charge in [-0.05, 0) is 43.4 Å². The lowest BCUT2D eigenvalue weighted by atomic mass is 10.2. The number of aryl methyl sites for hydroxylation is 3. The lowest BCUT2D eigenvalue weighted by Crippen LogP contribution is -2.06. The van der Waals surface area contributed by atoms with Gasteiger partial charge in [-0.3, -0.25) is 0 Å². The van der Waals surface area contributed by atoms with E-state index in [1.54, 1.807) is 6.33 Å². The Morgan fingerprint density at radius 2 is 2.20 bits per heavy atom. The van der Waals surface area contributed by atoms with Gasteiger partial charge in [0.05, 0.1) is 12.0 Å². The van der Waals surface area contributed by atoms with E-state index in [0.717, 1.165) is 29.6 Å². The smallest absolute Gasteiger partial charge is 0.126 e. The summed E-state index contributed by atoms with van der Waals surface area (Å²) in [4.78, 5) is 11.9. The normalized spacial score (nSPS) is 13.4. The van der Waals surface area contributed by atoms with Crippen LogP contribution in [-0.4, -0.2) is 27.2 Å². The molecule has 1 aliphatic rings. The number of pyridine rings is 1. The van der Waals surface area contributed by atoms with Crippen LogP contribution in [0.1, 0.15) is 28.9 Å². The van der Waals surface area contributed by atoms with Gasteiger partial charge in [0.2, 0.25) is 0 Å². The molecule has 0 amide bonds. The first-order chi connectivity index (χ1) is 9.83. The Bertz CT molecular complexity index is 579. The Morgan fingerprint density at radius 1 is 1.30 bits per heavy atom. The number of aromatic amines is 1. The van der Waals surface area contributed by atoms with Gasteiger partial charge in [-0.15, -0.1) is 0 Å². The average molecular weight is 288 g/mol. The van der Waals surface area contributed by atoms with Crippen molar-refractivity contribution in [1.29, 1.82) is 0 Å². The molecule has 2 aromatic heterocycles. The third kappa shape index (κ3) is 3.15. The van der Waals surface area contributed by atoms with Gasteiger partial charge in [-0.1, -0.05) is 0 Å². The molecule has 1 aliphatic carbocycles. The molecule has 0 saturated carbocycles. The highest BCUT2D eigenvalue weighted by Crippen LogP contribution is 2.23. The number of anilines is 1. The molecule has 0 bridgehead atoms. The highest BCUT2D eigenvalue weighted by Gasteiger charge is 2.11. The molecule has 0 aromatic carbocycles. The largest absolute Gasteiger partial charge is 0.369 e. The molecular formula is C15H20N4S. The Labute approximate surface area is 123 Å². The highest BCUT2D eigenvalue weighted by molar-refractivity contribution is 7.98. The Morgan fingerprint density at radius 3 is 3.05 bits per heavy atom. The molecule has 0 aliphatic heterocycles. The number of nitrogens with zero attached hydrogens (tertiary/aromatic N) is 2. The van der Waals surface area contributed by atoms with Crippen LogP contribution in [0.15, 0.2) is 18.6 Å². The van der Waals surface area contributed by atoms with Crippen LogP contribution >= 0.6 is 11.8 Å². The van der Waals surface area contributed by atoms with Gasteiger partial charge in [0.25, 0.3) is 0 Å². The predicted octanol–water partition coefficient (Wildman–Crippen LogP) is 2.95. The maximum absolute atomic E-state index is 4.47. The summed E-state index contributed by atoms with van der Waals surface area (Å²) < 4.78 is 0. The molecule has 0 spiro atoms. The van der Waals surface area contributed by atoms with Gasteiger partial charge in [-0.2, -0.15) is 11.8 Å². The summed E-state index contributed by atoms with van der Waals surface area (Å²) >= 11 is 1.90. The first-order valence-electron chi connectivity index (χ1n) is 7.11. The van der Waals surface area contributed by atoms with Crippen molar-refractivity contribution in [2.75, 3.05) is 17.6 Å². The van der Waals surface area contributed by atoms with Crippen LogP contribution in [-0.2, 0) is 18.6 Å².